The summed E-state index contributed by atoms with van der Waals surface area (Å²) in [6.45, 7) is 1.73. The summed E-state index contributed by atoms with van der Waals surface area (Å²) in [6, 6.07) is 9.45. The van der Waals surface area contributed by atoms with E-state index in [1.807, 2.05) is 0 Å². The Bertz CT molecular complexity index is 1320. The van der Waals surface area contributed by atoms with Gasteiger partial charge in [-0.05, 0) is 43.2 Å². The van der Waals surface area contributed by atoms with Gasteiger partial charge < -0.3 is 15.4 Å². The van der Waals surface area contributed by atoms with Crippen LogP contribution in [0.4, 0.5) is 24.5 Å². The summed E-state index contributed by atoms with van der Waals surface area (Å²) in [4.78, 5) is 41.1. The second-order valence-electron chi connectivity index (χ2n) is 8.41. The average molecular weight is 497 g/mol. The summed E-state index contributed by atoms with van der Waals surface area (Å²) >= 11 is 0. The van der Waals surface area contributed by atoms with Crippen molar-refractivity contribution in [2.75, 3.05) is 10.6 Å². The van der Waals surface area contributed by atoms with E-state index in [-0.39, 0.29) is 30.8 Å². The number of halogens is 3. The molecule has 186 valence electrons. The number of ketones is 1. The number of carbonyl (C=O) groups is 3. The lowest BCUT2D eigenvalue weighted by atomic mass is 10.0. The lowest BCUT2D eigenvalue weighted by Crippen LogP contribution is -2.35. The summed E-state index contributed by atoms with van der Waals surface area (Å²) in [7, 11) is 0. The fourth-order valence-corrected chi connectivity index (χ4v) is 3.48. The first-order valence-corrected chi connectivity index (χ1v) is 11.2. The van der Waals surface area contributed by atoms with Crippen molar-refractivity contribution >= 4 is 29.0 Å². The van der Waals surface area contributed by atoms with Crippen LogP contribution < -0.4 is 15.4 Å². The SMILES string of the molecule is CCC(=O)Cc1cc(Oc2cc(F)c(NC(=O)C3(C(=O)Nc4ccc(F)cc4)CC3)cc2F)ccn1. The van der Waals surface area contributed by atoms with Gasteiger partial charge in [0, 0.05) is 42.9 Å². The Morgan fingerprint density at radius 3 is 2.31 bits per heavy atom. The van der Waals surface area contributed by atoms with Crippen molar-refractivity contribution in [1.82, 2.24) is 4.98 Å². The molecule has 0 saturated heterocycles. The number of ether oxygens (including phenoxy) is 1. The van der Waals surface area contributed by atoms with Crippen LogP contribution in [0.25, 0.3) is 0 Å². The fraction of sp³-hybridized carbons (Fsp3) is 0.231. The predicted octanol–water partition coefficient (Wildman–Crippen LogP) is 5.17. The minimum atomic E-state index is -1.43. The normalized spacial score (nSPS) is 13.6. The Kier molecular flexibility index (Phi) is 7.05. The third-order valence-corrected chi connectivity index (χ3v) is 5.78. The van der Waals surface area contributed by atoms with Gasteiger partial charge in [0.05, 0.1) is 11.4 Å². The average Bonchev–Trinajstić information content (AvgIpc) is 3.66. The number of nitrogens with zero attached hydrogens (tertiary/aromatic N) is 1. The molecule has 0 aliphatic heterocycles. The number of aromatic nitrogens is 1. The molecule has 1 aromatic heterocycles. The predicted molar refractivity (Wildman–Crippen MR) is 125 cm³/mol. The number of rotatable bonds is 9. The first-order chi connectivity index (χ1) is 17.2. The van der Waals surface area contributed by atoms with Crippen molar-refractivity contribution in [3.05, 3.63) is 77.9 Å². The van der Waals surface area contributed by atoms with Crippen LogP contribution in [0.1, 0.15) is 31.9 Å². The number of pyridine rings is 1. The van der Waals surface area contributed by atoms with E-state index in [9.17, 15) is 27.6 Å². The molecule has 0 radical (unpaired) electrons. The van der Waals surface area contributed by atoms with E-state index < -0.39 is 46.1 Å². The molecule has 2 N–H and O–H groups in total. The zero-order valence-electron chi connectivity index (χ0n) is 19.2. The largest absolute Gasteiger partial charge is 0.454 e. The summed E-state index contributed by atoms with van der Waals surface area (Å²) in [5.41, 5.74) is -1.15. The molecule has 0 atom stereocenters. The third kappa shape index (κ3) is 5.54. The van der Waals surface area contributed by atoms with Crippen LogP contribution in [0.5, 0.6) is 11.5 Å². The smallest absolute Gasteiger partial charge is 0.240 e. The van der Waals surface area contributed by atoms with E-state index in [0.29, 0.717) is 17.8 Å². The molecule has 0 unspecified atom stereocenters. The van der Waals surface area contributed by atoms with Crippen molar-refractivity contribution in [2.45, 2.75) is 32.6 Å². The van der Waals surface area contributed by atoms with Gasteiger partial charge in [-0.2, -0.15) is 0 Å². The van der Waals surface area contributed by atoms with Gasteiger partial charge in [0.25, 0.3) is 0 Å². The zero-order chi connectivity index (χ0) is 25.9. The first-order valence-electron chi connectivity index (χ1n) is 11.2. The highest BCUT2D eigenvalue weighted by atomic mass is 19.1. The molecule has 10 heteroatoms. The molecule has 1 aliphatic carbocycles. The van der Waals surface area contributed by atoms with Crippen molar-refractivity contribution in [1.29, 1.82) is 0 Å². The Labute approximate surface area is 204 Å². The van der Waals surface area contributed by atoms with E-state index in [2.05, 4.69) is 15.6 Å². The molecule has 1 saturated carbocycles. The quantitative estimate of drug-likeness (QED) is 0.398. The number of hydrogen-bond donors (Lipinski definition) is 2. The molecule has 1 heterocycles. The Morgan fingerprint density at radius 2 is 1.64 bits per heavy atom. The highest BCUT2D eigenvalue weighted by Gasteiger charge is 2.56. The number of benzene rings is 2. The first kappa shape index (κ1) is 24.9. The number of hydrogen-bond acceptors (Lipinski definition) is 5. The zero-order valence-corrected chi connectivity index (χ0v) is 19.2. The second kappa shape index (κ2) is 10.2. The summed E-state index contributed by atoms with van der Waals surface area (Å²) in [5, 5.41) is 4.82. The van der Waals surface area contributed by atoms with Gasteiger partial charge in [-0.3, -0.25) is 19.4 Å². The van der Waals surface area contributed by atoms with Crippen LogP contribution in [0.3, 0.4) is 0 Å². The third-order valence-electron chi connectivity index (χ3n) is 5.78. The minimum Gasteiger partial charge on any atom is -0.454 e. The van der Waals surface area contributed by atoms with Gasteiger partial charge in [-0.25, -0.2) is 13.2 Å². The number of carbonyl (C=O) groups excluding carboxylic acids is 3. The number of amides is 2. The number of Topliss-reactive ketones (excluding diaryl/α,β-unsaturated/α-hetero) is 1. The summed E-state index contributed by atoms with van der Waals surface area (Å²) in [6.07, 6.45) is 2.27. The molecule has 36 heavy (non-hydrogen) atoms. The van der Waals surface area contributed by atoms with Gasteiger partial charge in [0.1, 0.15) is 22.8 Å². The standard InChI is InChI=1S/C26H22F3N3O4/c1-2-18(33)11-17-12-19(7-10-30-17)36-23-14-20(28)22(13-21(23)29)32-25(35)26(8-9-26)24(34)31-16-5-3-15(27)4-6-16/h3-7,10,12-14H,2,8-9,11H2,1H3,(H,31,34)(H,32,35). The Morgan fingerprint density at radius 1 is 0.944 bits per heavy atom. The van der Waals surface area contributed by atoms with E-state index in [4.69, 9.17) is 4.74 Å². The highest BCUT2D eigenvalue weighted by Crippen LogP contribution is 2.47. The van der Waals surface area contributed by atoms with Gasteiger partial charge in [-0.15, -0.1) is 0 Å². The molecule has 0 spiro atoms. The van der Waals surface area contributed by atoms with Crippen LogP contribution in [-0.2, 0) is 20.8 Å². The van der Waals surface area contributed by atoms with Crippen molar-refractivity contribution in [3.63, 3.8) is 0 Å². The minimum absolute atomic E-state index is 0.0308. The van der Waals surface area contributed by atoms with Gasteiger partial charge in [0.15, 0.2) is 17.4 Å². The molecule has 2 aromatic carbocycles. The van der Waals surface area contributed by atoms with Crippen LogP contribution >= 0.6 is 0 Å². The van der Waals surface area contributed by atoms with Crippen molar-refractivity contribution < 1.29 is 32.3 Å². The van der Waals surface area contributed by atoms with E-state index >= 15 is 0 Å². The van der Waals surface area contributed by atoms with Gasteiger partial charge in [0.2, 0.25) is 11.8 Å². The molecule has 4 rings (SSSR count). The maximum absolute atomic E-state index is 14.7. The summed E-state index contributed by atoms with van der Waals surface area (Å²) < 4.78 is 47.9. The van der Waals surface area contributed by atoms with Gasteiger partial charge >= 0.3 is 0 Å². The molecule has 7 nitrogen and oxygen atoms in total. The van der Waals surface area contributed by atoms with E-state index in [1.54, 1.807) is 6.92 Å². The molecular weight excluding hydrogens is 475 g/mol. The van der Waals surface area contributed by atoms with Crippen LogP contribution in [0.15, 0.2) is 54.7 Å². The lowest BCUT2D eigenvalue weighted by Gasteiger charge is -2.16. The van der Waals surface area contributed by atoms with Crippen LogP contribution in [0.2, 0.25) is 0 Å². The molecular formula is C26H22F3N3O4. The fourth-order valence-electron chi connectivity index (χ4n) is 3.48. The molecule has 1 aliphatic rings. The molecule has 3 aromatic rings. The van der Waals surface area contributed by atoms with E-state index in [0.717, 1.165) is 24.3 Å². The molecule has 2 amide bonds. The maximum atomic E-state index is 14.7. The lowest BCUT2D eigenvalue weighted by molar-refractivity contribution is -0.131. The van der Waals surface area contributed by atoms with Crippen molar-refractivity contribution in [3.8, 4) is 11.5 Å². The van der Waals surface area contributed by atoms with Crippen molar-refractivity contribution in [2.24, 2.45) is 5.41 Å². The second-order valence-corrected chi connectivity index (χ2v) is 8.41. The Hall–Kier alpha value is -4.21. The van der Waals surface area contributed by atoms with Gasteiger partial charge in [-0.1, -0.05) is 6.92 Å². The topological polar surface area (TPSA) is 97.4 Å². The number of nitrogens with one attached hydrogen (secondary N) is 2. The molecule has 1 fully saturated rings. The molecule has 0 bridgehead atoms. The highest BCUT2D eigenvalue weighted by molar-refractivity contribution is 6.16. The van der Waals surface area contributed by atoms with Crippen LogP contribution in [-0.4, -0.2) is 22.6 Å². The summed E-state index contributed by atoms with van der Waals surface area (Å²) in [5.74, 6) is -4.10. The number of anilines is 2. The van der Waals surface area contributed by atoms with E-state index in [1.165, 1.54) is 30.5 Å². The van der Waals surface area contributed by atoms with Crippen LogP contribution in [0, 0.1) is 22.9 Å². The maximum Gasteiger partial charge on any atom is 0.240 e. The monoisotopic (exact) mass is 497 g/mol. The Balaban J connectivity index is 1.45.